The normalized spacial score (nSPS) is 22.5. The Morgan fingerprint density at radius 3 is 2.91 bits per heavy atom. The molecule has 0 bridgehead atoms. The Balaban J connectivity index is 0.00000176. The van der Waals surface area contributed by atoms with Gasteiger partial charge in [0.05, 0.1) is 0 Å². The first-order chi connectivity index (χ1) is 10.2. The van der Waals surface area contributed by atoms with Gasteiger partial charge in [-0.2, -0.15) is 11.8 Å². The van der Waals surface area contributed by atoms with Gasteiger partial charge in [-0.1, -0.05) is 23.7 Å². The van der Waals surface area contributed by atoms with Crippen molar-refractivity contribution in [3.63, 3.8) is 0 Å². The fourth-order valence-electron chi connectivity index (χ4n) is 2.85. The lowest BCUT2D eigenvalue weighted by molar-refractivity contribution is -0.121. The van der Waals surface area contributed by atoms with Gasteiger partial charge in [0.15, 0.2) is 0 Å². The van der Waals surface area contributed by atoms with Crippen LogP contribution < -0.4 is 10.6 Å². The summed E-state index contributed by atoms with van der Waals surface area (Å²) >= 11 is 7.99. The molecule has 1 unspecified atom stereocenters. The third kappa shape index (κ3) is 4.54. The summed E-state index contributed by atoms with van der Waals surface area (Å²) in [6.45, 7) is 1.74. The Bertz CT molecular complexity index is 517. The molecule has 0 radical (unpaired) electrons. The molecule has 6 heteroatoms. The Morgan fingerprint density at radius 1 is 1.45 bits per heavy atom. The predicted octanol–water partition coefficient (Wildman–Crippen LogP) is 3.00. The average Bonchev–Trinajstić information content (AvgIpc) is 3.28. The maximum atomic E-state index is 12.1. The van der Waals surface area contributed by atoms with E-state index in [1.165, 1.54) is 5.56 Å². The molecule has 1 heterocycles. The minimum absolute atomic E-state index is 0. The molecule has 0 spiro atoms. The zero-order valence-corrected chi connectivity index (χ0v) is 14.8. The fraction of sp³-hybridized carbons (Fsp3) is 0.562. The first-order valence-corrected chi connectivity index (χ1v) is 9.05. The standard InChI is InChI=1S/C16H21ClN2OS.ClH/c17-13-3-1-2-12(8-13)16(4-5-16)11-19-15(20)9-14-10-21-7-6-18-14;/h1-3,8,14,18H,4-7,9-11H2,(H,19,20);1H. The smallest absolute Gasteiger partial charge is 0.221 e. The van der Waals surface area contributed by atoms with Gasteiger partial charge in [-0.05, 0) is 30.5 Å². The van der Waals surface area contributed by atoms with Crippen molar-refractivity contribution >= 4 is 41.7 Å². The van der Waals surface area contributed by atoms with E-state index in [4.69, 9.17) is 11.6 Å². The average molecular weight is 361 g/mol. The van der Waals surface area contributed by atoms with E-state index >= 15 is 0 Å². The quantitative estimate of drug-likeness (QED) is 0.847. The molecule has 3 rings (SSSR count). The summed E-state index contributed by atoms with van der Waals surface area (Å²) in [4.78, 5) is 12.1. The highest BCUT2D eigenvalue weighted by Gasteiger charge is 2.44. The van der Waals surface area contributed by atoms with Crippen molar-refractivity contribution in [1.29, 1.82) is 0 Å². The second-order valence-corrected chi connectivity index (χ2v) is 7.58. The summed E-state index contributed by atoms with van der Waals surface area (Å²) in [6, 6.07) is 8.35. The highest BCUT2D eigenvalue weighted by atomic mass is 35.5. The first kappa shape index (κ1) is 17.9. The van der Waals surface area contributed by atoms with Crippen molar-refractivity contribution in [3.8, 4) is 0 Å². The van der Waals surface area contributed by atoms with Crippen LogP contribution in [0.25, 0.3) is 0 Å². The molecule has 1 aromatic carbocycles. The number of halogens is 2. The molecular weight excluding hydrogens is 339 g/mol. The van der Waals surface area contributed by atoms with Crippen LogP contribution in [-0.2, 0) is 10.2 Å². The maximum Gasteiger partial charge on any atom is 0.221 e. The monoisotopic (exact) mass is 360 g/mol. The van der Waals surface area contributed by atoms with Gasteiger partial charge in [-0.15, -0.1) is 12.4 Å². The summed E-state index contributed by atoms with van der Waals surface area (Å²) in [6.07, 6.45) is 2.84. The lowest BCUT2D eigenvalue weighted by atomic mass is 9.96. The lowest BCUT2D eigenvalue weighted by Crippen LogP contribution is -2.42. The van der Waals surface area contributed by atoms with Crippen molar-refractivity contribution in [2.75, 3.05) is 24.6 Å². The van der Waals surface area contributed by atoms with Crippen LogP contribution in [0, 0.1) is 0 Å². The lowest BCUT2D eigenvalue weighted by Gasteiger charge is -2.23. The summed E-state index contributed by atoms with van der Waals surface area (Å²) < 4.78 is 0. The largest absolute Gasteiger partial charge is 0.355 e. The highest BCUT2D eigenvalue weighted by molar-refractivity contribution is 7.99. The van der Waals surface area contributed by atoms with Gasteiger partial charge < -0.3 is 10.6 Å². The molecule has 1 saturated heterocycles. The van der Waals surface area contributed by atoms with E-state index in [2.05, 4.69) is 16.7 Å². The summed E-state index contributed by atoms with van der Waals surface area (Å²) in [5.41, 5.74) is 1.37. The molecule has 3 nitrogen and oxygen atoms in total. The molecule has 1 amide bonds. The molecule has 22 heavy (non-hydrogen) atoms. The van der Waals surface area contributed by atoms with Gasteiger partial charge >= 0.3 is 0 Å². The van der Waals surface area contributed by atoms with Crippen LogP contribution in [0.3, 0.4) is 0 Å². The van der Waals surface area contributed by atoms with Gasteiger partial charge in [0.2, 0.25) is 5.91 Å². The van der Waals surface area contributed by atoms with E-state index in [1.54, 1.807) is 0 Å². The van der Waals surface area contributed by atoms with Crippen molar-refractivity contribution in [2.24, 2.45) is 0 Å². The molecule has 1 atom stereocenters. The summed E-state index contributed by atoms with van der Waals surface area (Å²) in [5.74, 6) is 2.34. The van der Waals surface area contributed by atoms with Gasteiger partial charge in [0.1, 0.15) is 0 Å². The van der Waals surface area contributed by atoms with Crippen molar-refractivity contribution in [2.45, 2.75) is 30.7 Å². The van der Waals surface area contributed by atoms with E-state index in [-0.39, 0.29) is 23.7 Å². The van der Waals surface area contributed by atoms with E-state index < -0.39 is 0 Å². The highest BCUT2D eigenvalue weighted by Crippen LogP contribution is 2.48. The van der Waals surface area contributed by atoms with Gasteiger partial charge in [0.25, 0.3) is 0 Å². The molecular formula is C16H22Cl2N2OS. The number of carbonyl (C=O) groups is 1. The van der Waals surface area contributed by atoms with Crippen LogP contribution >= 0.6 is 35.8 Å². The van der Waals surface area contributed by atoms with Crippen LogP contribution in [0.2, 0.25) is 5.02 Å². The number of nitrogens with one attached hydrogen (secondary N) is 2. The Labute approximate surface area is 147 Å². The van der Waals surface area contributed by atoms with Crippen LogP contribution in [-0.4, -0.2) is 36.5 Å². The van der Waals surface area contributed by atoms with E-state index in [9.17, 15) is 4.79 Å². The van der Waals surface area contributed by atoms with Crippen molar-refractivity contribution < 1.29 is 4.79 Å². The minimum atomic E-state index is 0. The molecule has 1 aliphatic carbocycles. The number of hydrogen-bond donors (Lipinski definition) is 2. The number of hydrogen-bond acceptors (Lipinski definition) is 3. The molecule has 0 aromatic heterocycles. The minimum Gasteiger partial charge on any atom is -0.355 e. The SMILES string of the molecule is Cl.O=C(CC1CSCCN1)NCC1(c2cccc(Cl)c2)CC1. The zero-order valence-electron chi connectivity index (χ0n) is 12.4. The van der Waals surface area contributed by atoms with E-state index in [0.717, 1.165) is 42.5 Å². The predicted molar refractivity (Wildman–Crippen MR) is 96.4 cm³/mol. The van der Waals surface area contributed by atoms with E-state index in [1.807, 2.05) is 30.0 Å². The molecule has 1 saturated carbocycles. The third-order valence-electron chi connectivity index (χ3n) is 4.34. The maximum absolute atomic E-state index is 12.1. The second-order valence-electron chi connectivity index (χ2n) is 6.00. The molecule has 1 aliphatic heterocycles. The molecule has 2 fully saturated rings. The van der Waals surface area contributed by atoms with Crippen LogP contribution in [0.4, 0.5) is 0 Å². The number of thioether (sulfide) groups is 1. The molecule has 2 N–H and O–H groups in total. The molecule has 122 valence electrons. The van der Waals surface area contributed by atoms with Gasteiger partial charge in [-0.3, -0.25) is 4.79 Å². The first-order valence-electron chi connectivity index (χ1n) is 7.52. The number of amides is 1. The van der Waals surface area contributed by atoms with Gasteiger partial charge in [-0.25, -0.2) is 0 Å². The fourth-order valence-corrected chi connectivity index (χ4v) is 3.99. The number of carbonyl (C=O) groups excluding carboxylic acids is 1. The topological polar surface area (TPSA) is 41.1 Å². The van der Waals surface area contributed by atoms with Crippen LogP contribution in [0.1, 0.15) is 24.8 Å². The number of benzene rings is 1. The van der Waals surface area contributed by atoms with Crippen molar-refractivity contribution in [3.05, 3.63) is 34.9 Å². The molecule has 2 aliphatic rings. The Hall–Kier alpha value is -0.420. The summed E-state index contributed by atoms with van der Waals surface area (Å²) in [5, 5.41) is 7.29. The van der Waals surface area contributed by atoms with Crippen LogP contribution in [0.5, 0.6) is 0 Å². The second kappa shape index (κ2) is 7.91. The Kier molecular flexibility index (Phi) is 6.45. The zero-order chi connectivity index (χ0) is 14.7. The van der Waals surface area contributed by atoms with E-state index in [0.29, 0.717) is 12.5 Å². The Morgan fingerprint density at radius 2 is 2.27 bits per heavy atom. The summed E-state index contributed by atoms with van der Waals surface area (Å²) in [7, 11) is 0. The third-order valence-corrected chi connectivity index (χ3v) is 5.71. The molecule has 1 aromatic rings. The number of rotatable bonds is 5. The van der Waals surface area contributed by atoms with Crippen LogP contribution in [0.15, 0.2) is 24.3 Å². The van der Waals surface area contributed by atoms with Gasteiger partial charge in [0, 0.05) is 47.5 Å². The van der Waals surface area contributed by atoms with Crippen molar-refractivity contribution in [1.82, 2.24) is 10.6 Å².